The number of hydrogen-bond donors (Lipinski definition) is 1. The lowest BCUT2D eigenvalue weighted by atomic mass is 10.2. The van der Waals surface area contributed by atoms with Gasteiger partial charge in [0.2, 0.25) is 5.91 Å². The number of pyridine rings is 1. The molecule has 9 heteroatoms. The Labute approximate surface area is 121 Å². The number of amides is 2. The number of carbonyl (C=O) groups is 2. The Bertz CT molecular complexity index is 508. The van der Waals surface area contributed by atoms with E-state index >= 15 is 0 Å². The average molecular weight is 354 g/mol. The van der Waals surface area contributed by atoms with Crippen molar-refractivity contribution < 1.29 is 22.8 Å². The lowest BCUT2D eigenvalue weighted by Crippen LogP contribution is -2.41. The minimum Gasteiger partial charge on any atom is -0.345 e. The number of rotatable bonds is 4. The van der Waals surface area contributed by atoms with Crippen molar-refractivity contribution in [3.05, 3.63) is 28.5 Å². The monoisotopic (exact) mass is 353 g/mol. The van der Waals surface area contributed by atoms with Gasteiger partial charge in [0.25, 0.3) is 5.91 Å². The summed E-state index contributed by atoms with van der Waals surface area (Å²) in [7, 11) is 1.32. The summed E-state index contributed by atoms with van der Waals surface area (Å²) in [4.78, 5) is 28.0. The maximum Gasteiger partial charge on any atom is 0.405 e. The van der Waals surface area contributed by atoms with E-state index in [9.17, 15) is 22.8 Å². The van der Waals surface area contributed by atoms with Crippen LogP contribution < -0.4 is 5.32 Å². The van der Waals surface area contributed by atoms with Crippen molar-refractivity contribution in [2.45, 2.75) is 6.18 Å². The molecule has 0 aromatic carbocycles. The van der Waals surface area contributed by atoms with E-state index in [1.165, 1.54) is 25.4 Å². The topological polar surface area (TPSA) is 62.3 Å². The largest absolute Gasteiger partial charge is 0.405 e. The van der Waals surface area contributed by atoms with Crippen LogP contribution in [-0.4, -0.2) is 48.0 Å². The third-order valence-corrected chi connectivity index (χ3v) is 2.62. The zero-order valence-corrected chi connectivity index (χ0v) is 12.0. The molecular weight excluding hydrogens is 343 g/mol. The molecule has 0 aliphatic carbocycles. The van der Waals surface area contributed by atoms with Crippen LogP contribution in [-0.2, 0) is 4.79 Å². The second kappa shape index (κ2) is 6.69. The molecule has 0 radical (unpaired) electrons. The van der Waals surface area contributed by atoms with E-state index in [4.69, 9.17) is 0 Å². The van der Waals surface area contributed by atoms with Crippen molar-refractivity contribution in [2.75, 3.05) is 20.1 Å². The molecule has 0 saturated heterocycles. The standard InChI is InChI=1S/C11H11BrF3N3O2/c1-18(5-9(19)17-6-11(13,14)15)10(20)7-2-3-16-8(12)4-7/h2-4H,5-6H2,1H3,(H,17,19). The van der Waals surface area contributed by atoms with Crippen molar-refractivity contribution in [3.8, 4) is 0 Å². The molecule has 0 atom stereocenters. The summed E-state index contributed by atoms with van der Waals surface area (Å²) in [5, 5.41) is 1.69. The van der Waals surface area contributed by atoms with Crippen molar-refractivity contribution in [2.24, 2.45) is 0 Å². The predicted octanol–water partition coefficient (Wildman–Crippen LogP) is 1.59. The van der Waals surface area contributed by atoms with Crippen LogP contribution in [0.5, 0.6) is 0 Å². The molecule has 1 N–H and O–H groups in total. The van der Waals surface area contributed by atoms with Crippen LogP contribution in [0.4, 0.5) is 13.2 Å². The van der Waals surface area contributed by atoms with E-state index in [1.54, 1.807) is 5.32 Å². The number of likely N-dealkylation sites (N-methyl/N-ethyl adjacent to an activating group) is 1. The molecule has 1 aromatic heterocycles. The van der Waals surface area contributed by atoms with Gasteiger partial charge in [-0.15, -0.1) is 0 Å². The van der Waals surface area contributed by atoms with Gasteiger partial charge in [-0.25, -0.2) is 4.98 Å². The fourth-order valence-corrected chi connectivity index (χ4v) is 1.66. The van der Waals surface area contributed by atoms with Crippen LogP contribution in [0.3, 0.4) is 0 Å². The van der Waals surface area contributed by atoms with E-state index < -0.39 is 31.1 Å². The lowest BCUT2D eigenvalue weighted by Gasteiger charge is -2.17. The Hall–Kier alpha value is -1.64. The SMILES string of the molecule is CN(CC(=O)NCC(F)(F)F)C(=O)c1ccnc(Br)c1. The Morgan fingerprint density at radius 2 is 2.10 bits per heavy atom. The Kier molecular flexibility index (Phi) is 5.49. The third-order valence-electron chi connectivity index (χ3n) is 2.19. The minimum absolute atomic E-state index is 0.276. The highest BCUT2D eigenvalue weighted by Gasteiger charge is 2.28. The van der Waals surface area contributed by atoms with E-state index in [0.29, 0.717) is 4.60 Å². The molecule has 0 fully saturated rings. The highest BCUT2D eigenvalue weighted by molar-refractivity contribution is 9.10. The number of carbonyl (C=O) groups excluding carboxylic acids is 2. The van der Waals surface area contributed by atoms with Gasteiger partial charge in [0, 0.05) is 18.8 Å². The first-order valence-electron chi connectivity index (χ1n) is 5.39. The van der Waals surface area contributed by atoms with Crippen LogP contribution >= 0.6 is 15.9 Å². The van der Waals surface area contributed by atoms with Gasteiger partial charge in [0.05, 0.1) is 6.54 Å². The molecule has 1 rings (SSSR count). The normalized spacial score (nSPS) is 11.1. The van der Waals surface area contributed by atoms with Gasteiger partial charge in [-0.1, -0.05) is 0 Å². The number of aromatic nitrogens is 1. The first-order chi connectivity index (χ1) is 9.19. The Balaban J connectivity index is 2.56. The smallest absolute Gasteiger partial charge is 0.345 e. The summed E-state index contributed by atoms with van der Waals surface area (Å²) >= 11 is 3.09. The van der Waals surface area contributed by atoms with Gasteiger partial charge < -0.3 is 10.2 Å². The number of hydrogen-bond acceptors (Lipinski definition) is 3. The summed E-state index contributed by atoms with van der Waals surface area (Å²) in [5.41, 5.74) is 0.276. The van der Waals surface area contributed by atoms with Gasteiger partial charge in [-0.05, 0) is 28.1 Å². The van der Waals surface area contributed by atoms with E-state index in [-0.39, 0.29) is 5.56 Å². The van der Waals surface area contributed by atoms with Crippen molar-refractivity contribution in [3.63, 3.8) is 0 Å². The molecule has 1 heterocycles. The second-order valence-electron chi connectivity index (χ2n) is 3.92. The molecule has 2 amide bonds. The van der Waals surface area contributed by atoms with E-state index in [1.807, 2.05) is 0 Å². The summed E-state index contributed by atoms with van der Waals surface area (Å²) in [6.07, 6.45) is -3.08. The van der Waals surface area contributed by atoms with Crippen molar-refractivity contribution in [1.82, 2.24) is 15.2 Å². The zero-order valence-electron chi connectivity index (χ0n) is 10.4. The van der Waals surface area contributed by atoms with Crippen LogP contribution in [0.25, 0.3) is 0 Å². The molecule has 0 spiro atoms. The molecule has 0 bridgehead atoms. The van der Waals surface area contributed by atoms with Crippen LogP contribution in [0.1, 0.15) is 10.4 Å². The van der Waals surface area contributed by atoms with Gasteiger partial charge in [-0.2, -0.15) is 13.2 Å². The number of alkyl halides is 3. The average Bonchev–Trinajstić information content (AvgIpc) is 2.34. The van der Waals surface area contributed by atoms with Gasteiger partial charge >= 0.3 is 6.18 Å². The Morgan fingerprint density at radius 3 is 2.65 bits per heavy atom. The van der Waals surface area contributed by atoms with Crippen molar-refractivity contribution in [1.29, 1.82) is 0 Å². The van der Waals surface area contributed by atoms with E-state index in [2.05, 4.69) is 20.9 Å². The lowest BCUT2D eigenvalue weighted by molar-refractivity contribution is -0.138. The maximum atomic E-state index is 11.9. The van der Waals surface area contributed by atoms with Gasteiger partial charge in [0.15, 0.2) is 0 Å². The Morgan fingerprint density at radius 1 is 1.45 bits per heavy atom. The van der Waals surface area contributed by atoms with Gasteiger partial charge in [0.1, 0.15) is 11.1 Å². The third kappa shape index (κ3) is 5.55. The summed E-state index contributed by atoms with van der Waals surface area (Å²) in [5.74, 6) is -1.37. The molecule has 110 valence electrons. The molecule has 5 nitrogen and oxygen atoms in total. The summed E-state index contributed by atoms with van der Waals surface area (Å²) in [6, 6.07) is 2.89. The van der Waals surface area contributed by atoms with E-state index in [0.717, 1.165) is 4.90 Å². The first-order valence-corrected chi connectivity index (χ1v) is 6.19. The number of nitrogens with zero attached hydrogens (tertiary/aromatic N) is 2. The zero-order chi connectivity index (χ0) is 15.3. The van der Waals surface area contributed by atoms with Crippen molar-refractivity contribution >= 4 is 27.7 Å². The molecule has 0 unspecified atom stereocenters. The highest BCUT2D eigenvalue weighted by Crippen LogP contribution is 2.12. The molecule has 0 aliphatic heterocycles. The summed E-state index contributed by atoms with van der Waals surface area (Å²) in [6.45, 7) is -1.89. The minimum atomic E-state index is -4.48. The number of halogens is 4. The fraction of sp³-hybridized carbons (Fsp3) is 0.364. The predicted molar refractivity (Wildman–Crippen MR) is 68.0 cm³/mol. The van der Waals surface area contributed by atoms with Gasteiger partial charge in [-0.3, -0.25) is 9.59 Å². The molecule has 20 heavy (non-hydrogen) atoms. The molecule has 0 aliphatic rings. The van der Waals surface area contributed by atoms with Crippen LogP contribution in [0.15, 0.2) is 22.9 Å². The molecule has 1 aromatic rings. The van der Waals surface area contributed by atoms with Crippen LogP contribution in [0, 0.1) is 0 Å². The first kappa shape index (κ1) is 16.4. The quantitative estimate of drug-likeness (QED) is 0.836. The highest BCUT2D eigenvalue weighted by atomic mass is 79.9. The maximum absolute atomic E-state index is 11.9. The fourth-order valence-electron chi connectivity index (χ4n) is 1.30. The number of nitrogens with one attached hydrogen (secondary N) is 1. The second-order valence-corrected chi connectivity index (χ2v) is 4.73. The summed E-state index contributed by atoms with van der Waals surface area (Å²) < 4.78 is 36.2. The molecule has 0 saturated carbocycles. The van der Waals surface area contributed by atoms with Crippen LogP contribution in [0.2, 0.25) is 0 Å². The molecular formula is C11H11BrF3N3O2.